The maximum atomic E-state index is 5.38. The monoisotopic (exact) mass is 335 g/mol. The minimum atomic E-state index is 0.249. The standard InChI is InChI=1S/C18H17N5O2/c1-2-12-3-5-13(6-4-12)21-18-22-17(10-19-23-18)20-14-7-8-15-16(9-14)25-11-24-15/h3-10H,2,11H2,1H3,(H2,20,21,22,23). The third-order valence-electron chi connectivity index (χ3n) is 3.82. The zero-order chi connectivity index (χ0) is 17.1. The predicted molar refractivity (Wildman–Crippen MR) is 94.8 cm³/mol. The van der Waals surface area contributed by atoms with Crippen LogP contribution in [0.2, 0.25) is 0 Å². The minimum absolute atomic E-state index is 0.249. The molecule has 0 fully saturated rings. The smallest absolute Gasteiger partial charge is 0.249 e. The molecular formula is C18H17N5O2. The van der Waals surface area contributed by atoms with E-state index in [0.29, 0.717) is 17.5 Å². The lowest BCUT2D eigenvalue weighted by atomic mass is 10.1. The second-order valence-corrected chi connectivity index (χ2v) is 5.53. The molecule has 3 aromatic rings. The second-order valence-electron chi connectivity index (χ2n) is 5.53. The summed E-state index contributed by atoms with van der Waals surface area (Å²) in [6.45, 7) is 2.37. The van der Waals surface area contributed by atoms with E-state index in [1.807, 2.05) is 30.3 Å². The summed E-state index contributed by atoms with van der Waals surface area (Å²) in [4.78, 5) is 4.43. The topological polar surface area (TPSA) is 81.2 Å². The Bertz CT molecular complexity index is 883. The largest absolute Gasteiger partial charge is 0.454 e. The third kappa shape index (κ3) is 3.45. The van der Waals surface area contributed by atoms with Crippen LogP contribution < -0.4 is 20.1 Å². The van der Waals surface area contributed by atoms with Crippen LogP contribution in [-0.2, 0) is 6.42 Å². The quantitative estimate of drug-likeness (QED) is 0.736. The number of aryl methyl sites for hydroxylation is 1. The summed E-state index contributed by atoms with van der Waals surface area (Å²) in [5, 5.41) is 14.4. The molecule has 1 aliphatic rings. The van der Waals surface area contributed by atoms with E-state index >= 15 is 0 Å². The minimum Gasteiger partial charge on any atom is -0.454 e. The predicted octanol–water partition coefficient (Wildman–Crippen LogP) is 3.65. The highest BCUT2D eigenvalue weighted by molar-refractivity contribution is 5.62. The van der Waals surface area contributed by atoms with Gasteiger partial charge in [-0.2, -0.15) is 10.1 Å². The maximum absolute atomic E-state index is 5.38. The lowest BCUT2D eigenvalue weighted by molar-refractivity contribution is 0.174. The summed E-state index contributed by atoms with van der Waals surface area (Å²) in [7, 11) is 0. The van der Waals surface area contributed by atoms with Crippen molar-refractivity contribution in [1.82, 2.24) is 15.2 Å². The van der Waals surface area contributed by atoms with E-state index in [4.69, 9.17) is 9.47 Å². The van der Waals surface area contributed by atoms with Gasteiger partial charge in [-0.15, -0.1) is 5.10 Å². The number of hydrogen-bond acceptors (Lipinski definition) is 7. The third-order valence-corrected chi connectivity index (χ3v) is 3.82. The Morgan fingerprint density at radius 1 is 0.960 bits per heavy atom. The number of fused-ring (bicyclic) bond motifs is 1. The van der Waals surface area contributed by atoms with Crippen molar-refractivity contribution >= 4 is 23.1 Å². The number of nitrogens with one attached hydrogen (secondary N) is 2. The first kappa shape index (κ1) is 15.2. The average molecular weight is 335 g/mol. The number of anilines is 4. The molecule has 1 aromatic heterocycles. The highest BCUT2D eigenvalue weighted by Crippen LogP contribution is 2.34. The van der Waals surface area contributed by atoms with E-state index in [-0.39, 0.29) is 6.79 Å². The van der Waals surface area contributed by atoms with Crippen LogP contribution in [0.25, 0.3) is 0 Å². The van der Waals surface area contributed by atoms with Gasteiger partial charge in [0, 0.05) is 17.4 Å². The van der Waals surface area contributed by atoms with Crippen LogP contribution >= 0.6 is 0 Å². The number of benzene rings is 2. The molecule has 7 nitrogen and oxygen atoms in total. The Morgan fingerprint density at radius 2 is 1.76 bits per heavy atom. The lowest BCUT2D eigenvalue weighted by Gasteiger charge is -2.08. The molecule has 2 heterocycles. The number of aromatic nitrogens is 3. The molecule has 0 bridgehead atoms. The molecule has 0 radical (unpaired) electrons. The number of rotatable bonds is 5. The van der Waals surface area contributed by atoms with E-state index < -0.39 is 0 Å². The Hall–Kier alpha value is -3.35. The van der Waals surface area contributed by atoms with E-state index in [0.717, 1.165) is 23.5 Å². The molecule has 126 valence electrons. The van der Waals surface area contributed by atoms with Crippen molar-refractivity contribution in [3.8, 4) is 11.5 Å². The Labute approximate surface area is 145 Å². The van der Waals surface area contributed by atoms with Gasteiger partial charge >= 0.3 is 0 Å². The van der Waals surface area contributed by atoms with Crippen molar-refractivity contribution in [3.05, 3.63) is 54.2 Å². The van der Waals surface area contributed by atoms with Crippen LogP contribution in [0.5, 0.6) is 11.5 Å². The van der Waals surface area contributed by atoms with E-state index in [1.54, 1.807) is 6.20 Å². The molecule has 2 aromatic carbocycles. The molecule has 1 aliphatic heterocycles. The zero-order valence-electron chi connectivity index (χ0n) is 13.7. The number of ether oxygens (including phenoxy) is 2. The highest BCUT2D eigenvalue weighted by atomic mass is 16.7. The Morgan fingerprint density at radius 3 is 2.60 bits per heavy atom. The van der Waals surface area contributed by atoms with Crippen molar-refractivity contribution in [2.24, 2.45) is 0 Å². The second kappa shape index (κ2) is 6.64. The summed E-state index contributed by atoms with van der Waals surface area (Å²) in [6.07, 6.45) is 2.57. The molecule has 0 atom stereocenters. The molecule has 25 heavy (non-hydrogen) atoms. The molecule has 2 N–H and O–H groups in total. The molecular weight excluding hydrogens is 318 g/mol. The van der Waals surface area contributed by atoms with Crippen molar-refractivity contribution in [2.45, 2.75) is 13.3 Å². The normalized spacial score (nSPS) is 12.0. The SMILES string of the molecule is CCc1ccc(Nc2nncc(Nc3ccc4c(c3)OCO4)n2)cc1. The highest BCUT2D eigenvalue weighted by Gasteiger charge is 2.13. The molecule has 0 amide bonds. The van der Waals surface area contributed by atoms with Crippen molar-refractivity contribution in [1.29, 1.82) is 0 Å². The van der Waals surface area contributed by atoms with Crippen LogP contribution in [0.15, 0.2) is 48.7 Å². The lowest BCUT2D eigenvalue weighted by Crippen LogP contribution is -2.02. The Balaban J connectivity index is 1.49. The van der Waals surface area contributed by atoms with Crippen molar-refractivity contribution in [3.63, 3.8) is 0 Å². The van der Waals surface area contributed by atoms with E-state index in [2.05, 4.69) is 44.9 Å². The van der Waals surface area contributed by atoms with Gasteiger partial charge in [-0.05, 0) is 36.2 Å². The fourth-order valence-corrected chi connectivity index (χ4v) is 2.49. The molecule has 0 spiro atoms. The molecule has 0 saturated carbocycles. The fraction of sp³-hybridized carbons (Fsp3) is 0.167. The van der Waals surface area contributed by atoms with Crippen LogP contribution in [0.4, 0.5) is 23.1 Å². The zero-order valence-corrected chi connectivity index (χ0v) is 13.7. The van der Waals surface area contributed by atoms with Gasteiger partial charge in [-0.25, -0.2) is 0 Å². The molecule has 0 saturated heterocycles. The first-order valence-corrected chi connectivity index (χ1v) is 8.02. The number of hydrogen-bond donors (Lipinski definition) is 2. The van der Waals surface area contributed by atoms with Crippen LogP contribution in [0, 0.1) is 0 Å². The summed E-state index contributed by atoms with van der Waals surface area (Å²) in [5.74, 6) is 2.46. The molecule has 7 heteroatoms. The van der Waals surface area contributed by atoms with Crippen LogP contribution in [-0.4, -0.2) is 22.0 Å². The summed E-state index contributed by atoms with van der Waals surface area (Å²) in [5.41, 5.74) is 3.03. The Kier molecular flexibility index (Phi) is 4.04. The average Bonchev–Trinajstić information content (AvgIpc) is 3.10. The fourth-order valence-electron chi connectivity index (χ4n) is 2.49. The van der Waals surface area contributed by atoms with Gasteiger partial charge in [0.15, 0.2) is 17.3 Å². The molecule has 0 unspecified atom stereocenters. The first-order valence-electron chi connectivity index (χ1n) is 8.02. The summed E-state index contributed by atoms with van der Waals surface area (Å²) < 4.78 is 10.7. The van der Waals surface area contributed by atoms with Crippen LogP contribution in [0.3, 0.4) is 0 Å². The van der Waals surface area contributed by atoms with Gasteiger partial charge in [0.1, 0.15) is 0 Å². The van der Waals surface area contributed by atoms with Gasteiger partial charge in [-0.3, -0.25) is 0 Å². The van der Waals surface area contributed by atoms with E-state index in [9.17, 15) is 0 Å². The summed E-state index contributed by atoms with van der Waals surface area (Å²) >= 11 is 0. The van der Waals surface area contributed by atoms with Crippen molar-refractivity contribution < 1.29 is 9.47 Å². The van der Waals surface area contributed by atoms with Gasteiger partial charge in [0.2, 0.25) is 12.7 Å². The summed E-state index contributed by atoms with van der Waals surface area (Å²) in [6, 6.07) is 13.8. The number of nitrogens with zero attached hydrogens (tertiary/aromatic N) is 3. The van der Waals surface area contributed by atoms with Gasteiger partial charge in [0.05, 0.1) is 6.20 Å². The van der Waals surface area contributed by atoms with Crippen molar-refractivity contribution in [2.75, 3.05) is 17.4 Å². The van der Waals surface area contributed by atoms with E-state index in [1.165, 1.54) is 5.56 Å². The first-order chi connectivity index (χ1) is 12.3. The van der Waals surface area contributed by atoms with Gasteiger partial charge < -0.3 is 20.1 Å². The molecule has 0 aliphatic carbocycles. The molecule has 4 rings (SSSR count). The van der Waals surface area contributed by atoms with Gasteiger partial charge in [0.25, 0.3) is 0 Å². The maximum Gasteiger partial charge on any atom is 0.249 e. The van der Waals surface area contributed by atoms with Crippen LogP contribution in [0.1, 0.15) is 12.5 Å². The van der Waals surface area contributed by atoms with Gasteiger partial charge in [-0.1, -0.05) is 19.1 Å².